The molecular formula is C12H20N2S. The van der Waals surface area contributed by atoms with Gasteiger partial charge in [0.2, 0.25) is 0 Å². The van der Waals surface area contributed by atoms with Crippen LogP contribution < -0.4 is 5.32 Å². The van der Waals surface area contributed by atoms with E-state index in [9.17, 15) is 0 Å². The van der Waals surface area contributed by atoms with Crippen LogP contribution in [0.25, 0.3) is 0 Å². The molecule has 1 N–H and O–H groups in total. The first kappa shape index (κ1) is 12.5. The van der Waals surface area contributed by atoms with Gasteiger partial charge >= 0.3 is 0 Å². The van der Waals surface area contributed by atoms with Crippen LogP contribution in [0.3, 0.4) is 0 Å². The van der Waals surface area contributed by atoms with Gasteiger partial charge in [0.25, 0.3) is 0 Å². The molecule has 0 saturated carbocycles. The second kappa shape index (κ2) is 6.13. The van der Waals surface area contributed by atoms with Gasteiger partial charge in [-0.2, -0.15) is 0 Å². The first-order valence-electron chi connectivity index (χ1n) is 5.42. The Morgan fingerprint density at radius 2 is 2.00 bits per heavy atom. The maximum absolute atomic E-state index is 4.00. The van der Waals surface area contributed by atoms with E-state index in [1.807, 2.05) is 24.2 Å². The molecule has 15 heavy (non-hydrogen) atoms. The lowest BCUT2D eigenvalue weighted by Crippen LogP contribution is -2.39. The SMILES string of the molecule is CCC(C)(C)NCCSc1ccncc1. The van der Waals surface area contributed by atoms with E-state index in [0.29, 0.717) is 0 Å². The molecule has 84 valence electrons. The van der Waals surface area contributed by atoms with Gasteiger partial charge in [0.15, 0.2) is 0 Å². The van der Waals surface area contributed by atoms with Gasteiger partial charge < -0.3 is 5.32 Å². The molecule has 0 saturated heterocycles. The summed E-state index contributed by atoms with van der Waals surface area (Å²) in [4.78, 5) is 5.29. The lowest BCUT2D eigenvalue weighted by molar-refractivity contribution is 0.388. The summed E-state index contributed by atoms with van der Waals surface area (Å²) < 4.78 is 0. The molecular weight excluding hydrogens is 204 g/mol. The van der Waals surface area contributed by atoms with Crippen molar-refractivity contribution in [3.63, 3.8) is 0 Å². The number of hydrogen-bond donors (Lipinski definition) is 1. The summed E-state index contributed by atoms with van der Waals surface area (Å²) in [6.07, 6.45) is 4.84. The van der Waals surface area contributed by atoms with Crippen LogP contribution >= 0.6 is 11.8 Å². The van der Waals surface area contributed by atoms with E-state index in [-0.39, 0.29) is 5.54 Å². The number of hydrogen-bond acceptors (Lipinski definition) is 3. The molecule has 1 aromatic heterocycles. The average molecular weight is 224 g/mol. The van der Waals surface area contributed by atoms with Crippen molar-refractivity contribution in [2.45, 2.75) is 37.6 Å². The molecule has 3 heteroatoms. The highest BCUT2D eigenvalue weighted by atomic mass is 32.2. The largest absolute Gasteiger partial charge is 0.311 e. The lowest BCUT2D eigenvalue weighted by Gasteiger charge is -2.24. The Kier molecular flexibility index (Phi) is 5.12. The van der Waals surface area contributed by atoms with Crippen LogP contribution in [0.15, 0.2) is 29.4 Å². The second-order valence-corrected chi connectivity index (χ2v) is 5.36. The van der Waals surface area contributed by atoms with Crippen LogP contribution in [0, 0.1) is 0 Å². The van der Waals surface area contributed by atoms with E-state index in [4.69, 9.17) is 0 Å². The molecule has 1 aromatic rings. The van der Waals surface area contributed by atoms with Crippen molar-refractivity contribution in [1.82, 2.24) is 10.3 Å². The van der Waals surface area contributed by atoms with Crippen molar-refractivity contribution >= 4 is 11.8 Å². The molecule has 0 aliphatic heterocycles. The normalized spacial score (nSPS) is 11.7. The van der Waals surface area contributed by atoms with Gasteiger partial charge in [0.05, 0.1) is 0 Å². The van der Waals surface area contributed by atoms with Crippen molar-refractivity contribution < 1.29 is 0 Å². The summed E-state index contributed by atoms with van der Waals surface area (Å²) in [7, 11) is 0. The highest BCUT2D eigenvalue weighted by Crippen LogP contribution is 2.15. The number of aromatic nitrogens is 1. The van der Waals surface area contributed by atoms with Crippen molar-refractivity contribution in [3.05, 3.63) is 24.5 Å². The molecule has 0 bridgehead atoms. The smallest absolute Gasteiger partial charge is 0.0278 e. The van der Waals surface area contributed by atoms with Gasteiger partial charge in [-0.15, -0.1) is 11.8 Å². The minimum Gasteiger partial charge on any atom is -0.311 e. The summed E-state index contributed by atoms with van der Waals surface area (Å²) >= 11 is 1.87. The highest BCUT2D eigenvalue weighted by Gasteiger charge is 2.12. The highest BCUT2D eigenvalue weighted by molar-refractivity contribution is 7.99. The molecule has 0 amide bonds. The monoisotopic (exact) mass is 224 g/mol. The topological polar surface area (TPSA) is 24.9 Å². The number of rotatable bonds is 6. The fourth-order valence-corrected chi connectivity index (χ4v) is 1.87. The summed E-state index contributed by atoms with van der Waals surface area (Å²) in [6.45, 7) is 7.74. The predicted octanol–water partition coefficient (Wildman–Crippen LogP) is 2.95. The van der Waals surface area contributed by atoms with Gasteiger partial charge in [-0.05, 0) is 32.4 Å². The fourth-order valence-electron chi connectivity index (χ4n) is 1.12. The zero-order valence-electron chi connectivity index (χ0n) is 9.79. The third-order valence-electron chi connectivity index (χ3n) is 2.51. The third-order valence-corrected chi connectivity index (χ3v) is 3.52. The van der Waals surface area contributed by atoms with Gasteiger partial charge in [-0.25, -0.2) is 0 Å². The molecule has 0 atom stereocenters. The molecule has 0 radical (unpaired) electrons. The van der Waals surface area contributed by atoms with Crippen LogP contribution in [0.1, 0.15) is 27.2 Å². The van der Waals surface area contributed by atoms with E-state index in [1.54, 1.807) is 0 Å². The minimum atomic E-state index is 0.263. The number of nitrogens with one attached hydrogen (secondary N) is 1. The fraction of sp³-hybridized carbons (Fsp3) is 0.583. The van der Waals surface area contributed by atoms with Crippen molar-refractivity contribution in [3.8, 4) is 0 Å². The van der Waals surface area contributed by atoms with Crippen LogP contribution in [0.4, 0.5) is 0 Å². The molecule has 0 aliphatic carbocycles. The second-order valence-electron chi connectivity index (χ2n) is 4.20. The Morgan fingerprint density at radius 3 is 2.60 bits per heavy atom. The summed E-state index contributed by atoms with van der Waals surface area (Å²) in [5.41, 5.74) is 0.263. The molecule has 1 heterocycles. The quantitative estimate of drug-likeness (QED) is 0.594. The van der Waals surface area contributed by atoms with Crippen LogP contribution in [-0.4, -0.2) is 22.8 Å². The number of pyridine rings is 1. The molecule has 0 fully saturated rings. The Hall–Kier alpha value is -0.540. The van der Waals surface area contributed by atoms with Gasteiger partial charge in [-0.1, -0.05) is 6.92 Å². The first-order valence-corrected chi connectivity index (χ1v) is 6.40. The Bertz CT molecular complexity index is 272. The molecule has 0 aliphatic rings. The Balaban J connectivity index is 2.18. The molecule has 0 unspecified atom stereocenters. The van der Waals surface area contributed by atoms with Crippen LogP contribution in [-0.2, 0) is 0 Å². The maximum Gasteiger partial charge on any atom is 0.0278 e. The Morgan fingerprint density at radius 1 is 1.33 bits per heavy atom. The van der Waals surface area contributed by atoms with E-state index < -0.39 is 0 Å². The van der Waals surface area contributed by atoms with E-state index in [2.05, 4.69) is 43.2 Å². The Labute approximate surface area is 96.9 Å². The van der Waals surface area contributed by atoms with Gasteiger partial charge in [-0.3, -0.25) is 4.98 Å². The van der Waals surface area contributed by atoms with E-state index in [1.165, 1.54) is 4.90 Å². The summed E-state index contributed by atoms with van der Waals surface area (Å²) in [5.74, 6) is 1.10. The predicted molar refractivity (Wildman–Crippen MR) is 67.3 cm³/mol. The summed E-state index contributed by atoms with van der Waals surface area (Å²) in [5, 5.41) is 3.54. The zero-order valence-corrected chi connectivity index (χ0v) is 10.6. The number of thioether (sulfide) groups is 1. The minimum absolute atomic E-state index is 0.263. The third kappa shape index (κ3) is 5.19. The van der Waals surface area contributed by atoms with Crippen LogP contribution in [0.2, 0.25) is 0 Å². The number of nitrogens with zero attached hydrogens (tertiary/aromatic N) is 1. The van der Waals surface area contributed by atoms with Crippen molar-refractivity contribution in [1.29, 1.82) is 0 Å². The first-order chi connectivity index (χ1) is 7.14. The molecule has 2 nitrogen and oxygen atoms in total. The van der Waals surface area contributed by atoms with Gasteiger partial charge in [0, 0.05) is 35.1 Å². The standard InChI is InChI=1S/C12H20N2S/c1-4-12(2,3)14-9-10-15-11-5-7-13-8-6-11/h5-8,14H,4,9-10H2,1-3H3. The molecule has 0 spiro atoms. The summed E-state index contributed by atoms with van der Waals surface area (Å²) in [6, 6.07) is 4.10. The lowest BCUT2D eigenvalue weighted by atomic mass is 10.0. The zero-order chi connectivity index (χ0) is 11.1. The average Bonchev–Trinajstić information content (AvgIpc) is 2.26. The molecule has 1 rings (SSSR count). The maximum atomic E-state index is 4.00. The van der Waals surface area contributed by atoms with E-state index in [0.717, 1.165) is 18.7 Å². The van der Waals surface area contributed by atoms with Crippen LogP contribution in [0.5, 0.6) is 0 Å². The van der Waals surface area contributed by atoms with Gasteiger partial charge in [0.1, 0.15) is 0 Å². The van der Waals surface area contributed by atoms with Crippen molar-refractivity contribution in [2.75, 3.05) is 12.3 Å². The molecule has 0 aromatic carbocycles. The van der Waals surface area contributed by atoms with E-state index >= 15 is 0 Å². The van der Waals surface area contributed by atoms with Crippen molar-refractivity contribution in [2.24, 2.45) is 0 Å².